The third-order valence-electron chi connectivity index (χ3n) is 5.23. The average molecular weight is 359 g/mol. The number of hydrogen-bond donors (Lipinski definition) is 2. The molecule has 1 aliphatic heterocycles. The highest BCUT2D eigenvalue weighted by molar-refractivity contribution is 5.80. The van der Waals surface area contributed by atoms with Crippen LogP contribution in [0.2, 0.25) is 0 Å². The monoisotopic (exact) mass is 358 g/mol. The summed E-state index contributed by atoms with van der Waals surface area (Å²) in [5.74, 6) is 1.84. The summed E-state index contributed by atoms with van der Waals surface area (Å²) >= 11 is 0. The molecule has 5 heteroatoms. The molecule has 2 fully saturated rings. The fourth-order valence-corrected chi connectivity index (χ4v) is 3.50. The average Bonchev–Trinajstić information content (AvgIpc) is 3.52. The van der Waals surface area contributed by atoms with Gasteiger partial charge in [0.15, 0.2) is 5.96 Å². The third kappa shape index (κ3) is 5.90. The van der Waals surface area contributed by atoms with Gasteiger partial charge in [0.2, 0.25) is 0 Å². The first-order chi connectivity index (χ1) is 12.8. The van der Waals surface area contributed by atoms with Crippen LogP contribution in [0, 0.1) is 0 Å². The Morgan fingerprint density at radius 3 is 2.50 bits per heavy atom. The van der Waals surface area contributed by atoms with Crippen LogP contribution >= 0.6 is 0 Å². The van der Waals surface area contributed by atoms with Gasteiger partial charge in [-0.15, -0.1) is 0 Å². The van der Waals surface area contributed by atoms with E-state index in [1.54, 1.807) is 0 Å². The largest absolute Gasteiger partial charge is 0.489 e. The smallest absolute Gasteiger partial charge is 0.191 e. The molecule has 5 nitrogen and oxygen atoms in total. The topological polar surface area (TPSA) is 48.9 Å². The first kappa shape index (κ1) is 19.0. The van der Waals surface area contributed by atoms with Crippen LogP contribution in [0.1, 0.15) is 46.0 Å². The van der Waals surface area contributed by atoms with Crippen molar-refractivity contribution in [1.82, 2.24) is 15.5 Å². The highest BCUT2D eigenvalue weighted by atomic mass is 16.5. The molecule has 0 aromatic heterocycles. The van der Waals surface area contributed by atoms with E-state index in [0.717, 1.165) is 30.7 Å². The second-order valence-electron chi connectivity index (χ2n) is 7.37. The van der Waals surface area contributed by atoms with Gasteiger partial charge in [-0.25, -0.2) is 4.99 Å². The van der Waals surface area contributed by atoms with E-state index in [4.69, 9.17) is 9.73 Å². The van der Waals surface area contributed by atoms with Gasteiger partial charge in [-0.05, 0) is 51.2 Å². The van der Waals surface area contributed by atoms with Crippen molar-refractivity contribution in [3.63, 3.8) is 0 Å². The van der Waals surface area contributed by atoms with E-state index in [0.29, 0.717) is 12.6 Å². The number of benzene rings is 1. The van der Waals surface area contributed by atoms with Crippen LogP contribution in [-0.4, -0.2) is 55.2 Å². The fourth-order valence-electron chi connectivity index (χ4n) is 3.50. The predicted octanol–water partition coefficient (Wildman–Crippen LogP) is 3.03. The van der Waals surface area contributed by atoms with E-state index in [1.165, 1.54) is 38.8 Å². The van der Waals surface area contributed by atoms with Gasteiger partial charge in [0.1, 0.15) is 11.9 Å². The minimum absolute atomic E-state index is 0.101. The highest BCUT2D eigenvalue weighted by Crippen LogP contribution is 2.29. The molecule has 1 heterocycles. The molecule has 1 aliphatic carbocycles. The molecule has 3 rings (SSSR count). The van der Waals surface area contributed by atoms with Gasteiger partial charge in [-0.3, -0.25) is 0 Å². The Kier molecular flexibility index (Phi) is 7.18. The zero-order chi connectivity index (χ0) is 18.2. The predicted molar refractivity (Wildman–Crippen MR) is 108 cm³/mol. The highest BCUT2D eigenvalue weighted by Gasteiger charge is 2.31. The lowest BCUT2D eigenvalue weighted by atomic mass is 10.1. The van der Waals surface area contributed by atoms with Crippen LogP contribution in [0.3, 0.4) is 0 Å². The molecule has 1 atom stereocenters. The molecule has 2 N–H and O–H groups in total. The second-order valence-corrected chi connectivity index (χ2v) is 7.37. The number of hydrogen-bond acceptors (Lipinski definition) is 3. The van der Waals surface area contributed by atoms with E-state index < -0.39 is 0 Å². The number of rotatable bonds is 8. The maximum Gasteiger partial charge on any atom is 0.191 e. The number of ether oxygens (including phenoxy) is 1. The standard InChI is InChI=1S/C21H34N4O/c1-3-19(26-20-8-6-5-7-9-20)16-23-21(22-4-2)24-17-12-14-25(15-13-17)18-10-11-18/h5-9,17-19H,3-4,10-16H2,1-2H3,(H2,22,23,24). The van der Waals surface area contributed by atoms with Crippen LogP contribution in [0.15, 0.2) is 35.3 Å². The van der Waals surface area contributed by atoms with Crippen LogP contribution in [0.4, 0.5) is 0 Å². The van der Waals surface area contributed by atoms with Gasteiger partial charge in [0.25, 0.3) is 0 Å². The van der Waals surface area contributed by atoms with E-state index in [1.807, 2.05) is 30.3 Å². The van der Waals surface area contributed by atoms with Crippen molar-refractivity contribution in [2.75, 3.05) is 26.2 Å². The molecular weight excluding hydrogens is 324 g/mol. The Hall–Kier alpha value is -1.75. The zero-order valence-electron chi connectivity index (χ0n) is 16.3. The van der Waals surface area contributed by atoms with Crippen molar-refractivity contribution >= 4 is 5.96 Å². The van der Waals surface area contributed by atoms with Gasteiger partial charge < -0.3 is 20.3 Å². The summed E-state index contributed by atoms with van der Waals surface area (Å²) in [4.78, 5) is 7.45. The summed E-state index contributed by atoms with van der Waals surface area (Å²) in [6, 6.07) is 11.4. The Balaban J connectivity index is 1.49. The van der Waals surface area contributed by atoms with Crippen LogP contribution in [0.5, 0.6) is 5.75 Å². The SMILES string of the molecule is CCNC(=NCC(CC)Oc1ccccc1)NC1CCN(C2CC2)CC1. The molecule has 1 saturated carbocycles. The molecule has 0 radical (unpaired) electrons. The van der Waals surface area contributed by atoms with E-state index in [2.05, 4.69) is 29.4 Å². The summed E-state index contributed by atoms with van der Waals surface area (Å²) in [6.07, 6.45) is 6.27. The van der Waals surface area contributed by atoms with E-state index in [9.17, 15) is 0 Å². The van der Waals surface area contributed by atoms with Gasteiger partial charge in [0.05, 0.1) is 6.54 Å². The second kappa shape index (κ2) is 9.81. The van der Waals surface area contributed by atoms with Gasteiger partial charge in [0, 0.05) is 31.7 Å². The van der Waals surface area contributed by atoms with Gasteiger partial charge in [-0.1, -0.05) is 25.1 Å². The molecular formula is C21H34N4O. The number of likely N-dealkylation sites (tertiary alicyclic amines) is 1. The molecule has 0 amide bonds. The lowest BCUT2D eigenvalue weighted by Gasteiger charge is -2.33. The van der Waals surface area contributed by atoms with Crippen molar-refractivity contribution in [3.8, 4) is 5.75 Å². The zero-order valence-corrected chi connectivity index (χ0v) is 16.3. The van der Waals surface area contributed by atoms with Crippen LogP contribution < -0.4 is 15.4 Å². The first-order valence-electron chi connectivity index (χ1n) is 10.3. The molecule has 0 spiro atoms. The number of nitrogens with one attached hydrogen (secondary N) is 2. The van der Waals surface area contributed by atoms with E-state index in [-0.39, 0.29) is 6.10 Å². The molecule has 26 heavy (non-hydrogen) atoms. The van der Waals surface area contributed by atoms with Gasteiger partial charge in [-0.2, -0.15) is 0 Å². The molecule has 1 aromatic carbocycles. The number of guanidine groups is 1. The summed E-state index contributed by atoms with van der Waals surface area (Å²) in [5.41, 5.74) is 0. The molecule has 1 aromatic rings. The molecule has 0 bridgehead atoms. The Bertz CT molecular complexity index is 550. The number of nitrogens with zero attached hydrogens (tertiary/aromatic N) is 2. The van der Waals surface area contributed by atoms with Crippen molar-refractivity contribution in [2.45, 2.75) is 64.1 Å². The number of piperidine rings is 1. The van der Waals surface area contributed by atoms with Crippen molar-refractivity contribution < 1.29 is 4.74 Å². The minimum Gasteiger partial charge on any atom is -0.489 e. The Morgan fingerprint density at radius 2 is 1.88 bits per heavy atom. The number of para-hydroxylation sites is 1. The first-order valence-corrected chi connectivity index (χ1v) is 10.3. The van der Waals surface area contributed by atoms with Crippen molar-refractivity contribution in [1.29, 1.82) is 0 Å². The van der Waals surface area contributed by atoms with Crippen molar-refractivity contribution in [3.05, 3.63) is 30.3 Å². The molecule has 144 valence electrons. The summed E-state index contributed by atoms with van der Waals surface area (Å²) in [5, 5.41) is 7.03. The number of aliphatic imine (C=N–C) groups is 1. The molecule has 1 unspecified atom stereocenters. The Labute approximate surface area is 158 Å². The van der Waals surface area contributed by atoms with Crippen LogP contribution in [0.25, 0.3) is 0 Å². The fraction of sp³-hybridized carbons (Fsp3) is 0.667. The quantitative estimate of drug-likeness (QED) is 0.554. The normalized spacial score (nSPS) is 20.6. The Morgan fingerprint density at radius 1 is 1.15 bits per heavy atom. The van der Waals surface area contributed by atoms with Crippen molar-refractivity contribution in [2.24, 2.45) is 4.99 Å². The lowest BCUT2D eigenvalue weighted by Crippen LogP contribution is -2.49. The summed E-state index contributed by atoms with van der Waals surface area (Å²) in [7, 11) is 0. The summed E-state index contributed by atoms with van der Waals surface area (Å²) < 4.78 is 6.06. The molecule has 1 saturated heterocycles. The maximum atomic E-state index is 6.06. The minimum atomic E-state index is 0.101. The van der Waals surface area contributed by atoms with Gasteiger partial charge >= 0.3 is 0 Å². The third-order valence-corrected chi connectivity index (χ3v) is 5.23. The lowest BCUT2D eigenvalue weighted by molar-refractivity contribution is 0.196. The summed E-state index contributed by atoms with van der Waals surface area (Å²) in [6.45, 7) is 8.25. The molecule has 2 aliphatic rings. The maximum absolute atomic E-state index is 6.06. The van der Waals surface area contributed by atoms with Crippen LogP contribution in [-0.2, 0) is 0 Å². The van der Waals surface area contributed by atoms with E-state index >= 15 is 0 Å².